The van der Waals surface area contributed by atoms with Crippen LogP contribution in [-0.2, 0) is 13.0 Å². The van der Waals surface area contributed by atoms with E-state index in [0.717, 1.165) is 75.4 Å². The number of benzene rings is 2. The lowest BCUT2D eigenvalue weighted by molar-refractivity contribution is 0.745. The summed E-state index contributed by atoms with van der Waals surface area (Å²) in [7, 11) is 0. The SMILES string of the molecule is CCC/C(N)=C/N(N)c1ccc(/C(N)=N/N)c(-c2ccc(Cn3c(CC)nc4c(C)cc(C)nc43)cc2)c1. The molecule has 9 nitrogen and oxygen atoms in total. The minimum absolute atomic E-state index is 0.245. The van der Waals surface area contributed by atoms with Gasteiger partial charge in [-0.15, -0.1) is 0 Å². The molecule has 2 aromatic carbocycles. The van der Waals surface area contributed by atoms with Crippen LogP contribution in [0.25, 0.3) is 22.3 Å². The number of anilines is 1. The quantitative estimate of drug-likeness (QED) is 0.114. The smallest absolute Gasteiger partial charge is 0.160 e. The number of allylic oxidation sites excluding steroid dienone is 1. The molecule has 0 fully saturated rings. The minimum Gasteiger partial charge on any atom is -0.401 e. The maximum absolute atomic E-state index is 6.30. The van der Waals surface area contributed by atoms with Gasteiger partial charge in [-0.3, -0.25) is 5.01 Å². The van der Waals surface area contributed by atoms with Gasteiger partial charge in [0.2, 0.25) is 0 Å². The first-order valence-electron chi connectivity index (χ1n) is 12.9. The number of aromatic nitrogens is 3. The number of imidazole rings is 1. The number of aryl methyl sites for hydroxylation is 3. The van der Waals surface area contributed by atoms with Crippen LogP contribution in [0.4, 0.5) is 5.69 Å². The Kier molecular flexibility index (Phi) is 7.97. The third-order valence-electron chi connectivity index (χ3n) is 6.58. The molecule has 4 aromatic rings. The average Bonchev–Trinajstić information content (AvgIpc) is 3.25. The normalized spacial score (nSPS) is 12.3. The lowest BCUT2D eigenvalue weighted by atomic mass is 9.97. The first-order chi connectivity index (χ1) is 18.2. The fourth-order valence-electron chi connectivity index (χ4n) is 4.69. The van der Waals surface area contributed by atoms with Crippen molar-refractivity contribution in [2.45, 2.75) is 53.5 Å². The molecule has 2 heterocycles. The number of pyridine rings is 1. The summed E-state index contributed by atoms with van der Waals surface area (Å²) in [6, 6.07) is 16.1. The van der Waals surface area contributed by atoms with Gasteiger partial charge in [-0.05, 0) is 66.8 Å². The van der Waals surface area contributed by atoms with E-state index in [4.69, 9.17) is 33.1 Å². The Balaban J connectivity index is 1.70. The predicted molar refractivity (Wildman–Crippen MR) is 156 cm³/mol. The molecule has 0 amide bonds. The van der Waals surface area contributed by atoms with Crippen LogP contribution < -0.4 is 28.2 Å². The monoisotopic (exact) mass is 511 g/mol. The minimum atomic E-state index is 0.245. The molecule has 0 aliphatic carbocycles. The first-order valence-corrected chi connectivity index (χ1v) is 12.9. The predicted octanol–water partition coefficient (Wildman–Crippen LogP) is 4.19. The molecule has 0 unspecified atom stereocenters. The van der Waals surface area contributed by atoms with E-state index in [0.29, 0.717) is 12.2 Å². The van der Waals surface area contributed by atoms with Crippen LogP contribution in [-0.4, -0.2) is 20.4 Å². The van der Waals surface area contributed by atoms with E-state index in [-0.39, 0.29) is 5.84 Å². The molecule has 0 spiro atoms. The molecular weight excluding hydrogens is 474 g/mol. The summed E-state index contributed by atoms with van der Waals surface area (Å²) < 4.78 is 2.20. The van der Waals surface area contributed by atoms with E-state index in [9.17, 15) is 0 Å². The fraction of sp³-hybridized carbons (Fsp3) is 0.276. The standard InChI is InChI=1S/C29H37N9/c1-5-7-22(30)17-38(33)23-12-13-24(28(31)36-32)25(15-23)21-10-8-20(9-11-21)16-37-26(6-2)35-27-18(3)14-19(4)34-29(27)37/h8-15,17H,5-7,16,30,32-33H2,1-4H3,(H2,31,36)/b22-17-. The van der Waals surface area contributed by atoms with Gasteiger partial charge in [0, 0.05) is 29.6 Å². The van der Waals surface area contributed by atoms with Crippen LogP contribution in [0.2, 0.25) is 0 Å². The van der Waals surface area contributed by atoms with E-state index in [1.54, 1.807) is 6.20 Å². The Hall–Kier alpha value is -4.37. The molecule has 0 saturated carbocycles. The Labute approximate surface area is 223 Å². The number of nitrogens with two attached hydrogens (primary N) is 4. The summed E-state index contributed by atoms with van der Waals surface area (Å²) >= 11 is 0. The van der Waals surface area contributed by atoms with Crippen LogP contribution in [0, 0.1) is 13.8 Å². The molecule has 198 valence electrons. The number of fused-ring (bicyclic) bond motifs is 1. The second-order valence-corrected chi connectivity index (χ2v) is 9.52. The van der Waals surface area contributed by atoms with Crippen LogP contribution >= 0.6 is 0 Å². The second kappa shape index (κ2) is 11.4. The molecule has 0 aliphatic rings. The summed E-state index contributed by atoms with van der Waals surface area (Å²) in [6.45, 7) is 8.97. The maximum atomic E-state index is 6.30. The van der Waals surface area contributed by atoms with Crippen LogP contribution in [0.5, 0.6) is 0 Å². The number of amidine groups is 1. The number of hydrazone groups is 1. The largest absolute Gasteiger partial charge is 0.401 e. The summed E-state index contributed by atoms with van der Waals surface area (Å²) in [4.78, 5) is 9.66. The van der Waals surface area contributed by atoms with Gasteiger partial charge in [0.05, 0.1) is 12.2 Å². The Morgan fingerprint density at radius 2 is 1.76 bits per heavy atom. The van der Waals surface area contributed by atoms with Crippen LogP contribution in [0.15, 0.2) is 65.5 Å². The molecule has 8 N–H and O–H groups in total. The molecule has 2 aromatic heterocycles. The summed E-state index contributed by atoms with van der Waals surface area (Å²) in [5.41, 5.74) is 21.4. The summed E-state index contributed by atoms with van der Waals surface area (Å²) in [5, 5.41) is 5.25. The lowest BCUT2D eigenvalue weighted by Crippen LogP contribution is -2.26. The van der Waals surface area contributed by atoms with Gasteiger partial charge in [0.25, 0.3) is 0 Å². The Morgan fingerprint density at radius 3 is 2.42 bits per heavy atom. The third kappa shape index (κ3) is 5.47. The maximum Gasteiger partial charge on any atom is 0.160 e. The molecule has 38 heavy (non-hydrogen) atoms. The van der Waals surface area contributed by atoms with Crippen molar-refractivity contribution in [2.24, 2.45) is 28.3 Å². The molecule has 0 bridgehead atoms. The highest BCUT2D eigenvalue weighted by atomic mass is 15.4. The fourth-order valence-corrected chi connectivity index (χ4v) is 4.69. The van der Waals surface area contributed by atoms with Crippen molar-refractivity contribution in [1.29, 1.82) is 0 Å². The van der Waals surface area contributed by atoms with Crippen molar-refractivity contribution in [1.82, 2.24) is 14.5 Å². The summed E-state index contributed by atoms with van der Waals surface area (Å²) in [5.74, 6) is 13.1. The van der Waals surface area contributed by atoms with Crippen molar-refractivity contribution in [3.63, 3.8) is 0 Å². The first kappa shape index (κ1) is 26.7. The van der Waals surface area contributed by atoms with E-state index in [2.05, 4.69) is 60.8 Å². The van der Waals surface area contributed by atoms with Gasteiger partial charge in [-0.25, -0.2) is 15.8 Å². The van der Waals surface area contributed by atoms with E-state index in [1.165, 1.54) is 5.01 Å². The topological polar surface area (TPSA) is 150 Å². The summed E-state index contributed by atoms with van der Waals surface area (Å²) in [6.07, 6.45) is 4.28. The molecule has 4 rings (SSSR count). The molecule has 9 heteroatoms. The van der Waals surface area contributed by atoms with Crippen molar-refractivity contribution < 1.29 is 0 Å². The van der Waals surface area contributed by atoms with Gasteiger partial charge >= 0.3 is 0 Å². The average molecular weight is 512 g/mol. The van der Waals surface area contributed by atoms with E-state index < -0.39 is 0 Å². The van der Waals surface area contributed by atoms with Crippen molar-refractivity contribution >= 4 is 22.7 Å². The van der Waals surface area contributed by atoms with E-state index in [1.807, 2.05) is 25.1 Å². The zero-order chi connectivity index (χ0) is 27.4. The number of hydrogen-bond acceptors (Lipinski definition) is 7. The van der Waals surface area contributed by atoms with E-state index >= 15 is 0 Å². The van der Waals surface area contributed by atoms with Gasteiger partial charge in [0.1, 0.15) is 11.3 Å². The van der Waals surface area contributed by atoms with Crippen LogP contribution in [0.1, 0.15) is 54.9 Å². The lowest BCUT2D eigenvalue weighted by Gasteiger charge is -2.18. The number of hydrazine groups is 1. The van der Waals surface area contributed by atoms with Gasteiger partial charge in [0.15, 0.2) is 11.5 Å². The van der Waals surface area contributed by atoms with Gasteiger partial charge in [-0.2, -0.15) is 5.10 Å². The van der Waals surface area contributed by atoms with Gasteiger partial charge in [-0.1, -0.05) is 44.5 Å². The second-order valence-electron chi connectivity index (χ2n) is 9.52. The number of rotatable bonds is 9. The van der Waals surface area contributed by atoms with Crippen molar-refractivity contribution in [3.8, 4) is 11.1 Å². The van der Waals surface area contributed by atoms with Gasteiger partial charge < -0.3 is 21.9 Å². The zero-order valence-electron chi connectivity index (χ0n) is 22.6. The highest BCUT2D eigenvalue weighted by Crippen LogP contribution is 2.29. The molecular formula is C29H37N9. The van der Waals surface area contributed by atoms with Crippen molar-refractivity contribution in [2.75, 3.05) is 5.01 Å². The number of nitrogens with zero attached hydrogens (tertiary/aromatic N) is 5. The highest BCUT2D eigenvalue weighted by Gasteiger charge is 2.15. The third-order valence-corrected chi connectivity index (χ3v) is 6.58. The molecule has 0 atom stereocenters. The molecule has 0 radical (unpaired) electrons. The van der Waals surface area contributed by atoms with Crippen molar-refractivity contribution in [3.05, 3.63) is 88.6 Å². The zero-order valence-corrected chi connectivity index (χ0v) is 22.6. The number of hydrogen-bond donors (Lipinski definition) is 4. The molecule has 0 saturated heterocycles. The van der Waals surface area contributed by atoms with Crippen LogP contribution in [0.3, 0.4) is 0 Å². The highest BCUT2D eigenvalue weighted by molar-refractivity contribution is 6.04. The molecule has 0 aliphatic heterocycles. The Bertz CT molecular complexity index is 1500. The Morgan fingerprint density at radius 1 is 1.03 bits per heavy atom.